The van der Waals surface area contributed by atoms with Gasteiger partial charge in [0.25, 0.3) is 0 Å². The maximum absolute atomic E-state index is 2.40. The molecule has 0 nitrogen and oxygen atoms in total. The van der Waals surface area contributed by atoms with E-state index in [4.69, 9.17) is 0 Å². The molecule has 0 aromatic heterocycles. The zero-order valence-electron chi connectivity index (χ0n) is 18.8. The van der Waals surface area contributed by atoms with E-state index in [0.717, 1.165) is 5.92 Å². The molecule has 0 saturated carbocycles. The monoisotopic (exact) mass is 352 g/mol. The molecule has 0 spiro atoms. The minimum Gasteiger partial charge on any atom is -0.0654 e. The lowest BCUT2D eigenvalue weighted by atomic mass is 9.89. The summed E-state index contributed by atoms with van der Waals surface area (Å²) in [5, 5.41) is 0. The Hall–Kier alpha value is 0. The molecule has 152 valence electrons. The SMILES string of the molecule is CCCCCCCCCCC(CC)CCCCCCCCC(C)(C)C. The molecular formula is C25H52. The van der Waals surface area contributed by atoms with Gasteiger partial charge in [-0.25, -0.2) is 0 Å². The van der Waals surface area contributed by atoms with Gasteiger partial charge in [-0.3, -0.25) is 0 Å². The average molecular weight is 353 g/mol. The van der Waals surface area contributed by atoms with Gasteiger partial charge < -0.3 is 0 Å². The van der Waals surface area contributed by atoms with Crippen LogP contribution in [0.3, 0.4) is 0 Å². The first-order valence-corrected chi connectivity index (χ1v) is 12.0. The highest BCUT2D eigenvalue weighted by atomic mass is 14.1. The summed E-state index contributed by atoms with van der Waals surface area (Å²) in [5.41, 5.74) is 0.532. The summed E-state index contributed by atoms with van der Waals surface area (Å²) in [5.74, 6) is 1.01. The summed E-state index contributed by atoms with van der Waals surface area (Å²) < 4.78 is 0. The highest BCUT2D eigenvalue weighted by molar-refractivity contribution is 4.62. The first-order chi connectivity index (χ1) is 12.0. The largest absolute Gasteiger partial charge is 0.0654 e. The van der Waals surface area contributed by atoms with E-state index < -0.39 is 0 Å². The summed E-state index contributed by atoms with van der Waals surface area (Å²) in [6, 6.07) is 0. The summed E-state index contributed by atoms with van der Waals surface area (Å²) in [6.45, 7) is 11.8. The molecule has 0 saturated heterocycles. The van der Waals surface area contributed by atoms with Crippen LogP contribution in [0.2, 0.25) is 0 Å². The van der Waals surface area contributed by atoms with Gasteiger partial charge in [0.1, 0.15) is 0 Å². The van der Waals surface area contributed by atoms with Gasteiger partial charge >= 0.3 is 0 Å². The van der Waals surface area contributed by atoms with E-state index in [-0.39, 0.29) is 0 Å². The number of rotatable bonds is 18. The lowest BCUT2D eigenvalue weighted by molar-refractivity contribution is 0.354. The molecule has 0 aromatic carbocycles. The smallest absolute Gasteiger partial charge is 0.0383 e. The van der Waals surface area contributed by atoms with E-state index in [1.54, 1.807) is 0 Å². The fourth-order valence-electron chi connectivity index (χ4n) is 3.91. The molecule has 0 aliphatic carbocycles. The van der Waals surface area contributed by atoms with Gasteiger partial charge in [0.2, 0.25) is 0 Å². The molecule has 0 aliphatic rings. The van der Waals surface area contributed by atoms with Crippen molar-refractivity contribution in [1.82, 2.24) is 0 Å². The molecule has 0 aliphatic heterocycles. The van der Waals surface area contributed by atoms with Crippen LogP contribution < -0.4 is 0 Å². The summed E-state index contributed by atoms with van der Waals surface area (Å²) >= 11 is 0. The van der Waals surface area contributed by atoms with Crippen molar-refractivity contribution in [3.05, 3.63) is 0 Å². The van der Waals surface area contributed by atoms with E-state index in [9.17, 15) is 0 Å². The van der Waals surface area contributed by atoms with Gasteiger partial charge in [0.15, 0.2) is 0 Å². The molecule has 25 heavy (non-hydrogen) atoms. The van der Waals surface area contributed by atoms with Crippen molar-refractivity contribution in [2.24, 2.45) is 11.3 Å². The molecule has 0 N–H and O–H groups in total. The number of unbranched alkanes of at least 4 members (excludes halogenated alkanes) is 12. The van der Waals surface area contributed by atoms with E-state index >= 15 is 0 Å². The predicted molar refractivity (Wildman–Crippen MR) is 117 cm³/mol. The quantitative estimate of drug-likeness (QED) is 0.215. The fraction of sp³-hybridized carbons (Fsp3) is 1.00. The van der Waals surface area contributed by atoms with Gasteiger partial charge in [-0.05, 0) is 17.8 Å². The second-order valence-electron chi connectivity index (χ2n) is 9.76. The maximum atomic E-state index is 2.40. The highest BCUT2D eigenvalue weighted by Crippen LogP contribution is 2.24. The first-order valence-electron chi connectivity index (χ1n) is 12.0. The molecule has 0 radical (unpaired) electrons. The molecule has 1 unspecified atom stereocenters. The third kappa shape index (κ3) is 20.2. The minimum atomic E-state index is 0.532. The van der Waals surface area contributed by atoms with Crippen molar-refractivity contribution in [3.8, 4) is 0 Å². The Kier molecular flexibility index (Phi) is 17.4. The van der Waals surface area contributed by atoms with Crippen LogP contribution in [0.15, 0.2) is 0 Å². The number of hydrogen-bond donors (Lipinski definition) is 0. The van der Waals surface area contributed by atoms with E-state index in [0.29, 0.717) is 5.41 Å². The third-order valence-corrected chi connectivity index (χ3v) is 5.83. The Morgan fingerprint density at radius 2 is 0.920 bits per heavy atom. The summed E-state index contributed by atoms with van der Waals surface area (Å²) in [7, 11) is 0. The maximum Gasteiger partial charge on any atom is -0.0383 e. The van der Waals surface area contributed by atoms with Gasteiger partial charge in [-0.1, -0.05) is 144 Å². The van der Waals surface area contributed by atoms with Crippen LogP contribution in [0.4, 0.5) is 0 Å². The van der Waals surface area contributed by atoms with E-state index in [2.05, 4.69) is 34.6 Å². The molecular weight excluding hydrogens is 300 g/mol. The van der Waals surface area contributed by atoms with Crippen LogP contribution in [0.1, 0.15) is 150 Å². The molecule has 0 aromatic rings. The van der Waals surface area contributed by atoms with Crippen LogP contribution in [-0.2, 0) is 0 Å². The van der Waals surface area contributed by atoms with Crippen LogP contribution in [0.25, 0.3) is 0 Å². The summed E-state index contributed by atoms with van der Waals surface area (Å²) in [4.78, 5) is 0. The Balaban J connectivity index is 3.36. The van der Waals surface area contributed by atoms with E-state index in [1.165, 1.54) is 116 Å². The zero-order valence-corrected chi connectivity index (χ0v) is 18.8. The molecule has 0 bridgehead atoms. The average Bonchev–Trinajstić information content (AvgIpc) is 2.56. The van der Waals surface area contributed by atoms with Gasteiger partial charge in [-0.15, -0.1) is 0 Å². The van der Waals surface area contributed by atoms with Crippen molar-refractivity contribution in [2.75, 3.05) is 0 Å². The fourth-order valence-corrected chi connectivity index (χ4v) is 3.91. The van der Waals surface area contributed by atoms with Crippen molar-refractivity contribution in [3.63, 3.8) is 0 Å². The Morgan fingerprint density at radius 1 is 0.520 bits per heavy atom. The summed E-state index contributed by atoms with van der Waals surface area (Å²) in [6.07, 6.45) is 26.2. The molecule has 1 atom stereocenters. The van der Waals surface area contributed by atoms with Gasteiger partial charge in [0, 0.05) is 0 Å². The van der Waals surface area contributed by atoms with Crippen LogP contribution in [-0.4, -0.2) is 0 Å². The Labute approximate surface area is 161 Å². The Morgan fingerprint density at radius 3 is 1.32 bits per heavy atom. The van der Waals surface area contributed by atoms with Crippen LogP contribution in [0, 0.1) is 11.3 Å². The topological polar surface area (TPSA) is 0 Å². The zero-order chi connectivity index (χ0) is 18.8. The standard InChI is InChI=1S/C25H52/c1-6-8-9-10-11-12-15-18-21-24(7-2)22-19-16-13-14-17-20-23-25(3,4)5/h24H,6-23H2,1-5H3. The second kappa shape index (κ2) is 17.4. The lowest BCUT2D eigenvalue weighted by Crippen LogP contribution is -2.03. The predicted octanol–water partition coefficient (Wildman–Crippen LogP) is 9.71. The molecule has 0 fully saturated rings. The van der Waals surface area contributed by atoms with Gasteiger partial charge in [-0.2, -0.15) is 0 Å². The van der Waals surface area contributed by atoms with Crippen LogP contribution in [0.5, 0.6) is 0 Å². The highest BCUT2D eigenvalue weighted by Gasteiger charge is 2.09. The van der Waals surface area contributed by atoms with Crippen molar-refractivity contribution in [1.29, 1.82) is 0 Å². The van der Waals surface area contributed by atoms with Crippen molar-refractivity contribution in [2.45, 2.75) is 150 Å². The number of hydrogen-bond acceptors (Lipinski definition) is 0. The first kappa shape index (κ1) is 25.0. The van der Waals surface area contributed by atoms with Crippen LogP contribution >= 0.6 is 0 Å². The molecule has 0 heterocycles. The van der Waals surface area contributed by atoms with Crippen molar-refractivity contribution >= 4 is 0 Å². The van der Waals surface area contributed by atoms with Crippen molar-refractivity contribution < 1.29 is 0 Å². The lowest BCUT2D eigenvalue weighted by Gasteiger charge is -2.17. The molecule has 0 rings (SSSR count). The molecule has 0 heteroatoms. The second-order valence-corrected chi connectivity index (χ2v) is 9.76. The molecule has 0 amide bonds. The Bertz CT molecular complexity index is 247. The van der Waals surface area contributed by atoms with Gasteiger partial charge in [0.05, 0.1) is 0 Å². The van der Waals surface area contributed by atoms with E-state index in [1.807, 2.05) is 0 Å². The minimum absolute atomic E-state index is 0.532. The normalized spacial score (nSPS) is 13.3. The third-order valence-electron chi connectivity index (χ3n) is 5.83.